The highest BCUT2D eigenvalue weighted by Crippen LogP contribution is 2.41. The van der Waals surface area contributed by atoms with Gasteiger partial charge in [0.2, 0.25) is 11.8 Å². The number of halogens is 2. The van der Waals surface area contributed by atoms with Crippen molar-refractivity contribution in [3.63, 3.8) is 0 Å². The van der Waals surface area contributed by atoms with E-state index in [0.29, 0.717) is 11.8 Å². The maximum absolute atomic E-state index is 12.4. The van der Waals surface area contributed by atoms with Crippen LogP contribution in [0.3, 0.4) is 0 Å². The van der Waals surface area contributed by atoms with Crippen LogP contribution in [0.1, 0.15) is 18.4 Å². The van der Waals surface area contributed by atoms with Gasteiger partial charge in [-0.1, -0.05) is 6.07 Å². The highest BCUT2D eigenvalue weighted by atomic mass is 35.5. The van der Waals surface area contributed by atoms with E-state index >= 15 is 0 Å². The van der Waals surface area contributed by atoms with Crippen molar-refractivity contribution in [1.82, 2.24) is 25.4 Å². The van der Waals surface area contributed by atoms with Crippen molar-refractivity contribution in [1.29, 1.82) is 0 Å². The fourth-order valence-electron chi connectivity index (χ4n) is 3.98. The van der Waals surface area contributed by atoms with Crippen molar-refractivity contribution in [2.45, 2.75) is 25.4 Å². The van der Waals surface area contributed by atoms with E-state index in [1.165, 1.54) is 23.3 Å². The molecule has 4 rings (SSSR count). The second-order valence-electron chi connectivity index (χ2n) is 7.44. The molecule has 2 atom stereocenters. The second kappa shape index (κ2) is 9.54. The Kier molecular flexibility index (Phi) is 7.63. The summed E-state index contributed by atoms with van der Waals surface area (Å²) in [6.45, 7) is 2.47. The minimum Gasteiger partial charge on any atom is -0.350 e. The summed E-state index contributed by atoms with van der Waals surface area (Å²) in [6.07, 6.45) is 6.09. The first kappa shape index (κ1) is 22.4. The van der Waals surface area contributed by atoms with Crippen molar-refractivity contribution in [3.05, 3.63) is 30.1 Å². The summed E-state index contributed by atoms with van der Waals surface area (Å²) in [4.78, 5) is 43.0. The van der Waals surface area contributed by atoms with E-state index in [4.69, 9.17) is 0 Å². The number of hydrogen-bond acceptors (Lipinski definition) is 5. The molecule has 10 heteroatoms. The number of carbonyl (C=O) groups excluding carboxylic acids is 3. The maximum atomic E-state index is 12.4. The Bertz CT molecular complexity index is 716. The summed E-state index contributed by atoms with van der Waals surface area (Å²) < 4.78 is 0. The Morgan fingerprint density at radius 3 is 2.64 bits per heavy atom. The number of imide groups is 1. The fourth-order valence-corrected chi connectivity index (χ4v) is 3.98. The number of urea groups is 1. The van der Waals surface area contributed by atoms with Gasteiger partial charge in [0.1, 0.15) is 13.1 Å². The van der Waals surface area contributed by atoms with E-state index in [1.807, 2.05) is 12.3 Å². The normalized spacial score (nSPS) is 24.4. The molecule has 1 aliphatic carbocycles. The van der Waals surface area contributed by atoms with Gasteiger partial charge in [0, 0.05) is 38.1 Å². The zero-order chi connectivity index (χ0) is 18.1. The van der Waals surface area contributed by atoms with Crippen molar-refractivity contribution in [2.75, 3.05) is 26.2 Å². The van der Waals surface area contributed by atoms with E-state index in [9.17, 15) is 14.4 Å². The van der Waals surface area contributed by atoms with Crippen LogP contribution in [-0.2, 0) is 16.1 Å². The molecule has 28 heavy (non-hydrogen) atoms. The lowest BCUT2D eigenvalue weighted by molar-refractivity contribution is -0.122. The van der Waals surface area contributed by atoms with Crippen LogP contribution in [-0.4, -0.2) is 64.9 Å². The Hall–Kier alpha value is -1.90. The highest BCUT2D eigenvalue weighted by Gasteiger charge is 2.43. The summed E-state index contributed by atoms with van der Waals surface area (Å²) in [7, 11) is 0. The monoisotopic (exact) mass is 429 g/mol. The number of amides is 4. The third kappa shape index (κ3) is 5.33. The first-order valence-corrected chi connectivity index (χ1v) is 9.08. The number of hydrogen-bond donors (Lipinski definition) is 2. The number of rotatable bonds is 6. The molecule has 2 N–H and O–H groups in total. The number of likely N-dealkylation sites (tertiary alicyclic amines) is 1. The van der Waals surface area contributed by atoms with Gasteiger partial charge in [-0.15, -0.1) is 24.8 Å². The zero-order valence-electron chi connectivity index (χ0n) is 15.4. The lowest BCUT2D eigenvalue weighted by Gasteiger charge is -2.21. The van der Waals surface area contributed by atoms with Gasteiger partial charge >= 0.3 is 6.03 Å². The molecule has 0 aromatic carbocycles. The Labute approximate surface area is 176 Å². The molecule has 2 aliphatic heterocycles. The SMILES string of the molecule is Cl.Cl.O=C1CN(CC(=O)N[C@H]2CN(Cc3cccnc3)C[C@@H]2C2CC2)C(=O)N1. The van der Waals surface area contributed by atoms with Gasteiger partial charge in [-0.2, -0.15) is 0 Å². The second-order valence-corrected chi connectivity index (χ2v) is 7.44. The molecule has 3 fully saturated rings. The van der Waals surface area contributed by atoms with Crippen molar-refractivity contribution >= 4 is 42.7 Å². The molecule has 1 aromatic rings. The van der Waals surface area contributed by atoms with Crippen molar-refractivity contribution < 1.29 is 14.4 Å². The molecular weight excluding hydrogens is 405 g/mol. The smallest absolute Gasteiger partial charge is 0.325 e. The Morgan fingerprint density at radius 1 is 1.25 bits per heavy atom. The van der Waals surface area contributed by atoms with Crippen LogP contribution in [0, 0.1) is 11.8 Å². The Morgan fingerprint density at radius 2 is 2.04 bits per heavy atom. The third-order valence-electron chi connectivity index (χ3n) is 5.35. The summed E-state index contributed by atoms with van der Waals surface area (Å²) >= 11 is 0. The average Bonchev–Trinajstić information content (AvgIpc) is 3.30. The van der Waals surface area contributed by atoms with Gasteiger partial charge in [0.25, 0.3) is 0 Å². The first-order valence-electron chi connectivity index (χ1n) is 9.08. The molecule has 1 saturated carbocycles. The maximum Gasteiger partial charge on any atom is 0.325 e. The molecule has 0 radical (unpaired) electrons. The topological polar surface area (TPSA) is 94.6 Å². The lowest BCUT2D eigenvalue weighted by atomic mass is 9.98. The quantitative estimate of drug-likeness (QED) is 0.652. The summed E-state index contributed by atoms with van der Waals surface area (Å²) in [6, 6.07) is 3.60. The van der Waals surface area contributed by atoms with Crippen molar-refractivity contribution in [3.8, 4) is 0 Å². The number of aromatic nitrogens is 1. The molecular formula is C18H25Cl2N5O3. The molecule has 0 unspecified atom stereocenters. The van der Waals surface area contributed by atoms with Crippen molar-refractivity contribution in [2.24, 2.45) is 11.8 Å². The van der Waals surface area contributed by atoms with E-state index in [2.05, 4.69) is 26.6 Å². The highest BCUT2D eigenvalue weighted by molar-refractivity contribution is 6.03. The minimum absolute atomic E-state index is 0. The first-order chi connectivity index (χ1) is 12.6. The molecule has 0 bridgehead atoms. The molecule has 1 aromatic heterocycles. The van der Waals surface area contributed by atoms with Gasteiger partial charge in [-0.05, 0) is 36.3 Å². The largest absolute Gasteiger partial charge is 0.350 e. The summed E-state index contributed by atoms with van der Waals surface area (Å²) in [5.74, 6) is 0.566. The van der Waals surface area contributed by atoms with E-state index in [0.717, 1.165) is 19.6 Å². The van der Waals surface area contributed by atoms with Gasteiger partial charge in [0.15, 0.2) is 0 Å². The predicted molar refractivity (Wildman–Crippen MR) is 107 cm³/mol. The zero-order valence-corrected chi connectivity index (χ0v) is 17.0. The molecule has 4 amide bonds. The van der Waals surface area contributed by atoms with Gasteiger partial charge in [-0.25, -0.2) is 4.79 Å². The van der Waals surface area contributed by atoms with Gasteiger partial charge < -0.3 is 10.2 Å². The molecule has 0 spiro atoms. The summed E-state index contributed by atoms with van der Waals surface area (Å²) in [5.41, 5.74) is 1.17. The number of nitrogens with zero attached hydrogens (tertiary/aromatic N) is 3. The lowest BCUT2D eigenvalue weighted by Crippen LogP contribution is -2.46. The predicted octanol–water partition coefficient (Wildman–Crippen LogP) is 0.804. The van der Waals surface area contributed by atoms with Crippen LogP contribution in [0.15, 0.2) is 24.5 Å². The number of nitrogens with one attached hydrogen (secondary N) is 2. The van der Waals surface area contributed by atoms with Gasteiger partial charge in [-0.3, -0.25) is 24.8 Å². The average molecular weight is 430 g/mol. The number of pyridine rings is 1. The minimum atomic E-state index is -0.492. The summed E-state index contributed by atoms with van der Waals surface area (Å²) in [5, 5.41) is 5.29. The third-order valence-corrected chi connectivity index (χ3v) is 5.35. The fraction of sp³-hybridized carbons (Fsp3) is 0.556. The van der Waals surface area contributed by atoms with Crippen LogP contribution in [0.2, 0.25) is 0 Å². The Balaban J connectivity index is 0.00000140. The molecule has 3 heterocycles. The van der Waals surface area contributed by atoms with Crippen LogP contribution in [0.25, 0.3) is 0 Å². The molecule has 8 nitrogen and oxygen atoms in total. The standard InChI is InChI=1S/C18H23N5O3.2ClH/c24-16(10-23-11-17(25)21-18(23)26)20-15-9-22(8-14(15)13-3-4-13)7-12-2-1-5-19-6-12;;/h1-2,5-6,13-15H,3-4,7-11H2,(H,20,24)(H,21,25,26);2*1H/t14-,15+;;/m1../s1. The van der Waals surface area contributed by atoms with E-state index in [1.54, 1.807) is 6.20 Å². The van der Waals surface area contributed by atoms with Crippen LogP contribution in [0.4, 0.5) is 4.79 Å². The van der Waals surface area contributed by atoms with Crippen LogP contribution < -0.4 is 10.6 Å². The van der Waals surface area contributed by atoms with E-state index < -0.39 is 6.03 Å². The molecule has 154 valence electrons. The van der Waals surface area contributed by atoms with Gasteiger partial charge in [0.05, 0.1) is 0 Å². The molecule has 2 saturated heterocycles. The molecule has 3 aliphatic rings. The number of carbonyl (C=O) groups is 3. The van der Waals surface area contributed by atoms with E-state index in [-0.39, 0.29) is 55.8 Å². The van der Waals surface area contributed by atoms with Crippen LogP contribution in [0.5, 0.6) is 0 Å². The van der Waals surface area contributed by atoms with Crippen LogP contribution >= 0.6 is 24.8 Å².